The van der Waals surface area contributed by atoms with E-state index in [1.807, 2.05) is 7.05 Å². The second kappa shape index (κ2) is 5.25. The molecule has 0 radical (unpaired) electrons. The van der Waals surface area contributed by atoms with E-state index in [0.29, 0.717) is 0 Å². The molecule has 0 aliphatic carbocycles. The predicted molar refractivity (Wildman–Crippen MR) is 65.6 cm³/mol. The van der Waals surface area contributed by atoms with Crippen molar-refractivity contribution in [2.45, 2.75) is 32.7 Å². The van der Waals surface area contributed by atoms with E-state index in [1.165, 1.54) is 12.8 Å². The van der Waals surface area contributed by atoms with E-state index in [9.17, 15) is 0 Å². The van der Waals surface area contributed by atoms with Crippen LogP contribution in [0.4, 0.5) is 5.82 Å². The van der Waals surface area contributed by atoms with Crippen LogP contribution in [0, 0.1) is 0 Å². The van der Waals surface area contributed by atoms with E-state index in [4.69, 9.17) is 0 Å². The van der Waals surface area contributed by atoms with Crippen molar-refractivity contribution < 1.29 is 0 Å². The predicted octanol–water partition coefficient (Wildman–Crippen LogP) is 1.36. The molecule has 2 rings (SSSR count). The first-order valence-corrected chi connectivity index (χ1v) is 6.10. The number of aryl methyl sites for hydroxylation is 1. The minimum absolute atomic E-state index is 0.816. The quantitative estimate of drug-likeness (QED) is 0.832. The molecule has 1 aromatic rings. The van der Waals surface area contributed by atoms with Gasteiger partial charge in [0, 0.05) is 32.1 Å². The molecule has 0 spiro atoms. The number of rotatable bonds is 4. The Labute approximate surface area is 97.1 Å². The van der Waals surface area contributed by atoms with Crippen LogP contribution < -0.4 is 10.2 Å². The fraction of sp³-hybridized carbons (Fsp3) is 0.667. The van der Waals surface area contributed by atoms with Gasteiger partial charge in [0.2, 0.25) is 0 Å². The Balaban J connectivity index is 2.24. The maximum atomic E-state index is 4.60. The summed E-state index contributed by atoms with van der Waals surface area (Å²) < 4.78 is 0. The monoisotopic (exact) mass is 220 g/mol. The lowest BCUT2D eigenvalue weighted by Crippen LogP contribution is -2.21. The van der Waals surface area contributed by atoms with Crippen molar-refractivity contribution in [1.29, 1.82) is 0 Å². The van der Waals surface area contributed by atoms with Gasteiger partial charge in [0.15, 0.2) is 0 Å². The van der Waals surface area contributed by atoms with Crippen molar-refractivity contribution in [3.63, 3.8) is 0 Å². The van der Waals surface area contributed by atoms with Gasteiger partial charge in [-0.15, -0.1) is 0 Å². The van der Waals surface area contributed by atoms with Crippen LogP contribution in [0.1, 0.15) is 31.3 Å². The standard InChI is InChI=1S/C12H20N4/c1-3-11-14-10(9-13-2)8-12(15-11)16-6-4-5-7-16/h8,13H,3-7,9H2,1-2H3. The Morgan fingerprint density at radius 2 is 2.06 bits per heavy atom. The van der Waals surface area contributed by atoms with Crippen LogP contribution in [0.5, 0.6) is 0 Å². The van der Waals surface area contributed by atoms with Crippen molar-refractivity contribution in [3.05, 3.63) is 17.6 Å². The lowest BCUT2D eigenvalue weighted by atomic mass is 10.3. The third-order valence-electron chi connectivity index (χ3n) is 2.92. The summed E-state index contributed by atoms with van der Waals surface area (Å²) in [5.74, 6) is 2.06. The van der Waals surface area contributed by atoms with Gasteiger partial charge < -0.3 is 10.2 Å². The zero-order valence-corrected chi connectivity index (χ0v) is 10.2. The normalized spacial score (nSPS) is 15.8. The highest BCUT2D eigenvalue weighted by Gasteiger charge is 2.15. The number of hydrogen-bond acceptors (Lipinski definition) is 4. The Hall–Kier alpha value is -1.16. The second-order valence-electron chi connectivity index (χ2n) is 4.21. The second-order valence-corrected chi connectivity index (χ2v) is 4.21. The van der Waals surface area contributed by atoms with Crippen LogP contribution in [0.3, 0.4) is 0 Å². The maximum absolute atomic E-state index is 4.60. The number of nitrogens with one attached hydrogen (secondary N) is 1. The minimum Gasteiger partial charge on any atom is -0.357 e. The summed E-state index contributed by atoms with van der Waals surface area (Å²) in [6, 6.07) is 2.11. The summed E-state index contributed by atoms with van der Waals surface area (Å²) in [7, 11) is 1.95. The molecule has 0 saturated carbocycles. The molecule has 16 heavy (non-hydrogen) atoms. The van der Waals surface area contributed by atoms with E-state index in [1.54, 1.807) is 0 Å². The van der Waals surface area contributed by atoms with Crippen LogP contribution in [-0.4, -0.2) is 30.1 Å². The van der Waals surface area contributed by atoms with Crippen molar-refractivity contribution in [3.8, 4) is 0 Å². The van der Waals surface area contributed by atoms with Crippen LogP contribution >= 0.6 is 0 Å². The summed E-state index contributed by atoms with van der Waals surface area (Å²) in [5.41, 5.74) is 1.09. The van der Waals surface area contributed by atoms with Crippen molar-refractivity contribution in [1.82, 2.24) is 15.3 Å². The SMILES string of the molecule is CCc1nc(CNC)cc(N2CCCC2)n1. The highest BCUT2D eigenvalue weighted by atomic mass is 15.2. The van der Waals surface area contributed by atoms with Gasteiger partial charge in [0.05, 0.1) is 5.69 Å². The molecule has 1 aromatic heterocycles. The molecule has 1 aliphatic rings. The molecular weight excluding hydrogens is 200 g/mol. The van der Waals surface area contributed by atoms with Crippen LogP contribution in [0.25, 0.3) is 0 Å². The number of nitrogens with zero attached hydrogens (tertiary/aromatic N) is 3. The van der Waals surface area contributed by atoms with Crippen LogP contribution in [-0.2, 0) is 13.0 Å². The van der Waals surface area contributed by atoms with Gasteiger partial charge in [-0.1, -0.05) is 6.92 Å². The Kier molecular flexibility index (Phi) is 3.72. The molecule has 1 saturated heterocycles. The first-order chi connectivity index (χ1) is 7.83. The molecule has 1 fully saturated rings. The van der Waals surface area contributed by atoms with E-state index in [2.05, 4.69) is 33.2 Å². The van der Waals surface area contributed by atoms with E-state index in [0.717, 1.165) is 43.4 Å². The van der Waals surface area contributed by atoms with E-state index >= 15 is 0 Å². The molecule has 2 heterocycles. The third-order valence-corrected chi connectivity index (χ3v) is 2.92. The first kappa shape index (κ1) is 11.3. The molecule has 4 heteroatoms. The zero-order valence-electron chi connectivity index (χ0n) is 10.2. The topological polar surface area (TPSA) is 41.1 Å². The molecule has 1 N–H and O–H groups in total. The summed E-state index contributed by atoms with van der Waals surface area (Å²) in [5, 5.41) is 3.14. The highest BCUT2D eigenvalue weighted by molar-refractivity contribution is 5.40. The van der Waals surface area contributed by atoms with Gasteiger partial charge in [-0.3, -0.25) is 0 Å². The number of hydrogen-bond donors (Lipinski definition) is 1. The molecule has 0 atom stereocenters. The number of aromatic nitrogens is 2. The fourth-order valence-corrected chi connectivity index (χ4v) is 2.07. The van der Waals surface area contributed by atoms with Gasteiger partial charge in [-0.05, 0) is 19.9 Å². The largest absolute Gasteiger partial charge is 0.357 e. The molecule has 88 valence electrons. The fourth-order valence-electron chi connectivity index (χ4n) is 2.07. The molecule has 0 bridgehead atoms. The Morgan fingerprint density at radius 3 is 2.69 bits per heavy atom. The average Bonchev–Trinajstić information content (AvgIpc) is 2.82. The summed E-state index contributed by atoms with van der Waals surface area (Å²) in [6.45, 7) is 5.20. The number of anilines is 1. The summed E-state index contributed by atoms with van der Waals surface area (Å²) in [4.78, 5) is 11.5. The van der Waals surface area contributed by atoms with Gasteiger partial charge in [0.1, 0.15) is 11.6 Å². The van der Waals surface area contributed by atoms with Crippen molar-refractivity contribution in [2.24, 2.45) is 0 Å². The minimum atomic E-state index is 0.816. The van der Waals surface area contributed by atoms with Gasteiger partial charge in [-0.2, -0.15) is 0 Å². The van der Waals surface area contributed by atoms with Gasteiger partial charge in [-0.25, -0.2) is 9.97 Å². The molecule has 1 aliphatic heterocycles. The van der Waals surface area contributed by atoms with Gasteiger partial charge in [0.25, 0.3) is 0 Å². The first-order valence-electron chi connectivity index (χ1n) is 6.10. The van der Waals surface area contributed by atoms with Crippen molar-refractivity contribution in [2.75, 3.05) is 25.0 Å². The third kappa shape index (κ3) is 2.50. The van der Waals surface area contributed by atoms with Crippen LogP contribution in [0.15, 0.2) is 6.07 Å². The van der Waals surface area contributed by atoms with Crippen LogP contribution in [0.2, 0.25) is 0 Å². The smallest absolute Gasteiger partial charge is 0.132 e. The maximum Gasteiger partial charge on any atom is 0.132 e. The highest BCUT2D eigenvalue weighted by Crippen LogP contribution is 2.18. The van der Waals surface area contributed by atoms with Gasteiger partial charge >= 0.3 is 0 Å². The molecule has 4 nitrogen and oxygen atoms in total. The molecular formula is C12H20N4. The van der Waals surface area contributed by atoms with E-state index < -0.39 is 0 Å². The lowest BCUT2D eigenvalue weighted by molar-refractivity contribution is 0.763. The summed E-state index contributed by atoms with van der Waals surface area (Å²) >= 11 is 0. The van der Waals surface area contributed by atoms with Crippen molar-refractivity contribution >= 4 is 5.82 Å². The summed E-state index contributed by atoms with van der Waals surface area (Å²) in [6.07, 6.45) is 3.47. The lowest BCUT2D eigenvalue weighted by Gasteiger charge is -2.17. The van der Waals surface area contributed by atoms with E-state index in [-0.39, 0.29) is 0 Å². The Bertz CT molecular complexity index is 345. The molecule has 0 unspecified atom stereocenters. The zero-order chi connectivity index (χ0) is 11.4. The molecule has 0 amide bonds. The average molecular weight is 220 g/mol. The Morgan fingerprint density at radius 1 is 1.31 bits per heavy atom. The molecule has 0 aromatic carbocycles.